The van der Waals surface area contributed by atoms with Crippen molar-refractivity contribution in [1.29, 1.82) is 0 Å². The Morgan fingerprint density at radius 2 is 1.47 bits per heavy atom. The fourth-order valence-corrected chi connectivity index (χ4v) is 8.29. The van der Waals surface area contributed by atoms with Crippen molar-refractivity contribution >= 4 is 90.1 Å². The van der Waals surface area contributed by atoms with Gasteiger partial charge >= 0.3 is 5.91 Å². The zero-order valence-corrected chi connectivity index (χ0v) is 28.8. The maximum Gasteiger partial charge on any atom is 0.317 e. The Balaban J connectivity index is 0.000000261. The molecule has 4 rings (SSSR count). The van der Waals surface area contributed by atoms with E-state index in [1.807, 2.05) is 33.2 Å². The molecular weight excluding hydrogens is 692 g/mol. The summed E-state index contributed by atoms with van der Waals surface area (Å²) in [5, 5.41) is 10.1. The van der Waals surface area contributed by atoms with E-state index in [2.05, 4.69) is 52.7 Å². The third-order valence-electron chi connectivity index (χ3n) is 5.00. The lowest BCUT2D eigenvalue weighted by atomic mass is 10.2. The van der Waals surface area contributed by atoms with Crippen molar-refractivity contribution in [3.8, 4) is 0 Å². The van der Waals surface area contributed by atoms with E-state index in [9.17, 15) is 22.2 Å². The van der Waals surface area contributed by atoms with Gasteiger partial charge in [0.2, 0.25) is 22.9 Å². The Kier molecular flexibility index (Phi) is 13.8. The van der Waals surface area contributed by atoms with Crippen LogP contribution in [0.5, 0.6) is 0 Å². The number of halogens is 1. The van der Waals surface area contributed by atoms with E-state index in [0.29, 0.717) is 22.2 Å². The standard InChI is InChI=1S/C12H14N4O4S2.C8H10ClNO2S2.C4H5N3O2/c1-6(2)9-10(8(13-4)5-21-9)22(18)20-16-12(17)11-14-7(3)19-15-11;1-5(2)7-8(14(9,11)12)6(10-3)4-13-7;1-2-6-4(3(5)8)7-9-2/h5-6H,4H2,1-3H3,(H,16,17);4-5H,3H2,1-2H3;1H3,(H2,5,8). The molecule has 1 unspecified atom stereocenters. The molecule has 0 aliphatic carbocycles. The summed E-state index contributed by atoms with van der Waals surface area (Å²) in [5.74, 6) is -0.879. The Morgan fingerprint density at radius 1 is 0.978 bits per heavy atom. The zero-order chi connectivity index (χ0) is 34.1. The van der Waals surface area contributed by atoms with E-state index in [4.69, 9.17) is 20.7 Å². The Bertz CT molecular complexity index is 1790. The van der Waals surface area contributed by atoms with Gasteiger partial charge in [-0.15, -0.1) is 22.7 Å². The van der Waals surface area contributed by atoms with Crippen LogP contribution in [-0.2, 0) is 24.4 Å². The summed E-state index contributed by atoms with van der Waals surface area (Å²) >= 11 is 0.825. The third-order valence-corrected chi connectivity index (χ3v) is 10.2. The molecule has 0 saturated carbocycles. The highest BCUT2D eigenvalue weighted by molar-refractivity contribution is 8.14. The van der Waals surface area contributed by atoms with Gasteiger partial charge in [0, 0.05) is 45.0 Å². The first kappa shape index (κ1) is 37.5. The molecule has 45 heavy (non-hydrogen) atoms. The number of thiophene rings is 2. The SMILES string of the molecule is C=Nc1csc(C(C)C)c1S(=O)(=O)Cl.C=Nc1csc(C(C)C)c1S(=O)ONC(=O)c1noc(C)n1.Cc1nc(C(N)=O)no1. The molecule has 2 amide bonds. The molecule has 0 bridgehead atoms. The molecule has 0 aliphatic heterocycles. The van der Waals surface area contributed by atoms with Crippen molar-refractivity contribution < 1.29 is 35.5 Å². The lowest BCUT2D eigenvalue weighted by molar-refractivity contribution is 0.0770. The molecule has 4 aromatic heterocycles. The molecule has 3 N–H and O–H groups in total. The number of carbonyl (C=O) groups is 2. The van der Waals surface area contributed by atoms with Crippen molar-refractivity contribution in [3.63, 3.8) is 0 Å². The number of aliphatic imine (C=N–C) groups is 2. The maximum absolute atomic E-state index is 12.3. The molecule has 16 nitrogen and oxygen atoms in total. The van der Waals surface area contributed by atoms with Crippen LogP contribution in [-0.4, -0.2) is 58.2 Å². The monoisotopic (exact) mass is 720 g/mol. The Hall–Kier alpha value is -3.69. The average Bonchev–Trinajstić information content (AvgIpc) is 3.77. The third kappa shape index (κ3) is 10.4. The molecule has 21 heteroatoms. The summed E-state index contributed by atoms with van der Waals surface area (Å²) in [6.45, 7) is 17.6. The number of nitrogens with two attached hydrogens (primary N) is 1. The molecule has 0 aliphatic rings. The summed E-state index contributed by atoms with van der Waals surface area (Å²) < 4.78 is 48.9. The Labute approximate surface area is 273 Å². The van der Waals surface area contributed by atoms with Crippen LogP contribution in [0, 0.1) is 13.8 Å². The molecule has 0 radical (unpaired) electrons. The highest BCUT2D eigenvalue weighted by atomic mass is 35.7. The molecule has 0 spiro atoms. The summed E-state index contributed by atoms with van der Waals surface area (Å²) in [4.78, 5) is 38.8. The van der Waals surface area contributed by atoms with E-state index >= 15 is 0 Å². The normalized spacial score (nSPS) is 11.7. The fourth-order valence-electron chi connectivity index (χ4n) is 3.09. The quantitative estimate of drug-likeness (QED) is 0.127. The van der Waals surface area contributed by atoms with Gasteiger partial charge in [0.15, 0.2) is 0 Å². The summed E-state index contributed by atoms with van der Waals surface area (Å²) in [6.07, 6.45) is 0. The second-order valence-electron chi connectivity index (χ2n) is 9.08. The number of hydrogen-bond donors (Lipinski definition) is 2. The molecule has 244 valence electrons. The number of carbonyl (C=O) groups excluding carboxylic acids is 2. The van der Waals surface area contributed by atoms with Crippen molar-refractivity contribution in [2.45, 2.75) is 63.2 Å². The largest absolute Gasteiger partial charge is 0.363 e. The second kappa shape index (κ2) is 16.6. The number of hydroxylamine groups is 1. The number of primary amides is 1. The minimum Gasteiger partial charge on any atom is -0.363 e. The van der Waals surface area contributed by atoms with Gasteiger partial charge < -0.3 is 14.8 Å². The molecule has 1 atom stereocenters. The number of nitrogens with zero attached hydrogens (tertiary/aromatic N) is 6. The molecule has 4 aromatic rings. The van der Waals surface area contributed by atoms with Crippen molar-refractivity contribution in [2.24, 2.45) is 15.7 Å². The zero-order valence-electron chi connectivity index (χ0n) is 24.8. The van der Waals surface area contributed by atoms with E-state index in [1.165, 1.54) is 22.7 Å². The lowest BCUT2D eigenvalue weighted by Gasteiger charge is -2.07. The molecule has 4 heterocycles. The second-order valence-corrected chi connectivity index (χ2v) is 14.4. The fraction of sp³-hybridized carbons (Fsp3) is 0.333. The number of nitrogens with one attached hydrogen (secondary N) is 1. The smallest absolute Gasteiger partial charge is 0.317 e. The van der Waals surface area contributed by atoms with Gasteiger partial charge in [-0.25, -0.2) is 18.1 Å². The first-order chi connectivity index (χ1) is 21.0. The van der Waals surface area contributed by atoms with Crippen molar-refractivity contribution in [3.05, 3.63) is 43.9 Å². The molecule has 0 aromatic carbocycles. The van der Waals surface area contributed by atoms with Gasteiger partial charge in [0.1, 0.15) is 9.79 Å². The number of amides is 2. The highest BCUT2D eigenvalue weighted by Crippen LogP contribution is 2.40. The topological polar surface area (TPSA) is 235 Å². The number of hydrogen-bond acceptors (Lipinski definition) is 16. The summed E-state index contributed by atoms with van der Waals surface area (Å²) in [6, 6.07) is 0. The van der Waals surface area contributed by atoms with Crippen LogP contribution in [0.2, 0.25) is 0 Å². The van der Waals surface area contributed by atoms with Crippen LogP contribution in [0.1, 0.15) is 82.3 Å². The van der Waals surface area contributed by atoms with Gasteiger partial charge in [-0.1, -0.05) is 38.0 Å². The predicted octanol–water partition coefficient (Wildman–Crippen LogP) is 4.89. The molecular formula is C24H29ClN8O8S4. The number of aromatic nitrogens is 4. The van der Waals surface area contributed by atoms with Crippen LogP contribution in [0.3, 0.4) is 0 Å². The van der Waals surface area contributed by atoms with Crippen LogP contribution in [0.4, 0.5) is 11.4 Å². The van der Waals surface area contributed by atoms with E-state index in [0.717, 1.165) is 9.75 Å². The minimum absolute atomic E-state index is 0.0764. The molecule has 0 saturated heterocycles. The van der Waals surface area contributed by atoms with Crippen LogP contribution in [0.25, 0.3) is 0 Å². The van der Waals surface area contributed by atoms with E-state index < -0.39 is 31.9 Å². The van der Waals surface area contributed by atoms with Crippen LogP contribution in [0.15, 0.2) is 39.6 Å². The summed E-state index contributed by atoms with van der Waals surface area (Å²) in [5.41, 5.74) is 7.65. The average molecular weight is 721 g/mol. The minimum atomic E-state index is -3.73. The van der Waals surface area contributed by atoms with Crippen LogP contribution >= 0.6 is 33.4 Å². The highest BCUT2D eigenvalue weighted by Gasteiger charge is 2.24. The number of aryl methyl sites for hydroxylation is 2. The Morgan fingerprint density at radius 3 is 1.87 bits per heavy atom. The lowest BCUT2D eigenvalue weighted by Crippen LogP contribution is -2.26. The van der Waals surface area contributed by atoms with Crippen molar-refractivity contribution in [2.75, 3.05) is 0 Å². The van der Waals surface area contributed by atoms with Gasteiger partial charge in [-0.3, -0.25) is 19.6 Å². The van der Waals surface area contributed by atoms with Gasteiger partial charge in [-0.2, -0.15) is 14.3 Å². The molecule has 0 fully saturated rings. The van der Waals surface area contributed by atoms with Gasteiger partial charge in [-0.05, 0) is 25.3 Å². The number of rotatable bonds is 10. The first-order valence-corrected chi connectivity index (χ1v) is 17.6. The maximum atomic E-state index is 12.3. The van der Waals surface area contributed by atoms with Crippen molar-refractivity contribution in [1.82, 2.24) is 25.8 Å². The summed E-state index contributed by atoms with van der Waals surface area (Å²) in [7, 11) is 1.60. The van der Waals surface area contributed by atoms with Crippen LogP contribution < -0.4 is 11.2 Å². The van der Waals surface area contributed by atoms with E-state index in [-0.39, 0.29) is 34.3 Å². The van der Waals surface area contributed by atoms with E-state index in [1.54, 1.807) is 24.6 Å². The van der Waals surface area contributed by atoms with Gasteiger partial charge in [0.05, 0.1) is 11.4 Å². The van der Waals surface area contributed by atoms with Gasteiger partial charge in [0.25, 0.3) is 26.6 Å². The first-order valence-electron chi connectivity index (χ1n) is 12.4. The predicted molar refractivity (Wildman–Crippen MR) is 170 cm³/mol.